The lowest BCUT2D eigenvalue weighted by Crippen LogP contribution is -2.01. The number of benzene rings is 1. The molecule has 0 atom stereocenters. The molecule has 0 unspecified atom stereocenters. The van der Waals surface area contributed by atoms with Gasteiger partial charge in [-0.15, -0.1) is 0 Å². The Morgan fingerprint density at radius 2 is 1.67 bits per heavy atom. The Bertz CT molecular complexity index is 269. The molecule has 2 nitrogen and oxygen atoms in total. The first-order valence-corrected chi connectivity index (χ1v) is 4.17. The van der Waals surface area contributed by atoms with Gasteiger partial charge in [-0.1, -0.05) is 6.07 Å². The van der Waals surface area contributed by atoms with Gasteiger partial charge < -0.3 is 10.6 Å². The van der Waals surface area contributed by atoms with E-state index in [4.69, 9.17) is 0 Å². The van der Waals surface area contributed by atoms with Gasteiger partial charge in [0.15, 0.2) is 0 Å². The van der Waals surface area contributed by atoms with Crippen molar-refractivity contribution in [2.45, 2.75) is 25.7 Å². The number of fused-ring (bicyclic) bond motifs is 1. The van der Waals surface area contributed by atoms with Gasteiger partial charge in [0.05, 0.1) is 0 Å². The fraction of sp³-hybridized carbons (Fsp3) is 0.400. The molecule has 1 aromatic carbocycles. The zero-order valence-electron chi connectivity index (χ0n) is 7.01. The van der Waals surface area contributed by atoms with Crippen molar-refractivity contribution in [1.82, 2.24) is 0 Å². The highest BCUT2D eigenvalue weighted by Crippen LogP contribution is 2.24. The maximum Gasteiger partial charge on any atom is 0.115 e. The Balaban J connectivity index is 0.000000720. The summed E-state index contributed by atoms with van der Waals surface area (Å²) in [7, 11) is 0. The second-order valence-electron chi connectivity index (χ2n) is 3.16. The van der Waals surface area contributed by atoms with E-state index in [1.165, 1.54) is 30.4 Å². The number of rotatable bonds is 0. The van der Waals surface area contributed by atoms with Crippen LogP contribution in [0.25, 0.3) is 0 Å². The molecule has 0 saturated carbocycles. The van der Waals surface area contributed by atoms with Gasteiger partial charge in [-0.25, -0.2) is 0 Å². The number of aryl methyl sites for hydroxylation is 2. The van der Waals surface area contributed by atoms with Crippen LogP contribution < -0.4 is 0 Å². The van der Waals surface area contributed by atoms with Crippen molar-refractivity contribution in [3.8, 4) is 5.75 Å². The van der Waals surface area contributed by atoms with Gasteiger partial charge in [0.1, 0.15) is 5.75 Å². The molecule has 3 N–H and O–H groups in total. The molecule has 1 aromatic rings. The van der Waals surface area contributed by atoms with E-state index in [0.717, 1.165) is 6.42 Å². The van der Waals surface area contributed by atoms with Crippen molar-refractivity contribution >= 4 is 0 Å². The third kappa shape index (κ3) is 1.59. The van der Waals surface area contributed by atoms with Crippen LogP contribution in [0.4, 0.5) is 0 Å². The number of hydrogen-bond donors (Lipinski definition) is 1. The second kappa shape index (κ2) is 3.59. The normalized spacial score (nSPS) is 14.7. The van der Waals surface area contributed by atoms with Crippen molar-refractivity contribution < 1.29 is 10.6 Å². The van der Waals surface area contributed by atoms with E-state index in [-0.39, 0.29) is 5.48 Å². The molecule has 0 bridgehead atoms. The van der Waals surface area contributed by atoms with Crippen LogP contribution in [0.15, 0.2) is 18.2 Å². The standard InChI is InChI=1S/C10H12O.H2O/c11-10-6-5-8-3-1-2-4-9(8)7-10;/h5-7,11H,1-4H2;1H2. The van der Waals surface area contributed by atoms with Crippen molar-refractivity contribution in [3.05, 3.63) is 29.3 Å². The lowest BCUT2D eigenvalue weighted by Gasteiger charge is -2.14. The van der Waals surface area contributed by atoms with Crippen LogP contribution in [-0.4, -0.2) is 10.6 Å². The summed E-state index contributed by atoms with van der Waals surface area (Å²) < 4.78 is 0. The van der Waals surface area contributed by atoms with Gasteiger partial charge in [-0.3, -0.25) is 0 Å². The number of phenolic OH excluding ortho intramolecular Hbond substituents is 1. The van der Waals surface area contributed by atoms with Crippen molar-refractivity contribution in [2.75, 3.05) is 0 Å². The van der Waals surface area contributed by atoms with Gasteiger partial charge in [0.25, 0.3) is 0 Å². The summed E-state index contributed by atoms with van der Waals surface area (Å²) in [4.78, 5) is 0. The SMILES string of the molecule is O.Oc1ccc2c(c1)CCCC2. The quantitative estimate of drug-likeness (QED) is 0.623. The minimum atomic E-state index is 0. The highest BCUT2D eigenvalue weighted by molar-refractivity contribution is 5.36. The molecule has 66 valence electrons. The molecule has 1 aliphatic carbocycles. The third-order valence-electron chi connectivity index (χ3n) is 2.33. The second-order valence-corrected chi connectivity index (χ2v) is 3.16. The van der Waals surface area contributed by atoms with Crippen molar-refractivity contribution in [1.29, 1.82) is 0 Å². The van der Waals surface area contributed by atoms with E-state index in [2.05, 4.69) is 0 Å². The van der Waals surface area contributed by atoms with E-state index in [9.17, 15) is 5.11 Å². The van der Waals surface area contributed by atoms with Crippen LogP contribution in [0.5, 0.6) is 5.75 Å². The molecule has 0 heterocycles. The Hall–Kier alpha value is -1.02. The molecule has 0 radical (unpaired) electrons. The van der Waals surface area contributed by atoms with Crippen LogP contribution in [0.1, 0.15) is 24.0 Å². The highest BCUT2D eigenvalue weighted by atomic mass is 16.3. The number of phenols is 1. The van der Waals surface area contributed by atoms with Crippen LogP contribution in [-0.2, 0) is 12.8 Å². The molecule has 2 heteroatoms. The summed E-state index contributed by atoms with van der Waals surface area (Å²) >= 11 is 0. The molecule has 12 heavy (non-hydrogen) atoms. The Kier molecular flexibility index (Phi) is 2.71. The monoisotopic (exact) mass is 166 g/mol. The molecule has 0 spiro atoms. The van der Waals surface area contributed by atoms with Crippen LogP contribution in [0, 0.1) is 0 Å². The number of aromatic hydroxyl groups is 1. The zero-order valence-corrected chi connectivity index (χ0v) is 7.01. The summed E-state index contributed by atoms with van der Waals surface area (Å²) in [6.45, 7) is 0. The molecule has 0 amide bonds. The highest BCUT2D eigenvalue weighted by Gasteiger charge is 2.08. The molecule has 0 aromatic heterocycles. The lowest BCUT2D eigenvalue weighted by molar-refractivity contribution is 0.473. The molecule has 0 aliphatic heterocycles. The van der Waals surface area contributed by atoms with Crippen LogP contribution in [0.3, 0.4) is 0 Å². The Morgan fingerprint density at radius 1 is 1.00 bits per heavy atom. The van der Waals surface area contributed by atoms with Gasteiger partial charge in [-0.05, 0) is 48.9 Å². The Labute approximate surface area is 72.2 Å². The molecular formula is C10H14O2. The minimum Gasteiger partial charge on any atom is -0.508 e. The van der Waals surface area contributed by atoms with Gasteiger partial charge in [0.2, 0.25) is 0 Å². The van der Waals surface area contributed by atoms with Gasteiger partial charge in [0, 0.05) is 0 Å². The average molecular weight is 166 g/mol. The van der Waals surface area contributed by atoms with Crippen LogP contribution >= 0.6 is 0 Å². The van der Waals surface area contributed by atoms with E-state index in [1.54, 1.807) is 6.07 Å². The largest absolute Gasteiger partial charge is 0.508 e. The van der Waals surface area contributed by atoms with Crippen LogP contribution in [0.2, 0.25) is 0 Å². The first kappa shape index (κ1) is 9.07. The van der Waals surface area contributed by atoms with E-state index in [1.807, 2.05) is 12.1 Å². The fourth-order valence-corrected chi connectivity index (χ4v) is 1.72. The smallest absolute Gasteiger partial charge is 0.115 e. The maximum atomic E-state index is 9.19. The molecular weight excluding hydrogens is 152 g/mol. The van der Waals surface area contributed by atoms with Gasteiger partial charge >= 0.3 is 0 Å². The maximum absolute atomic E-state index is 9.19. The van der Waals surface area contributed by atoms with Crippen molar-refractivity contribution in [2.24, 2.45) is 0 Å². The van der Waals surface area contributed by atoms with E-state index >= 15 is 0 Å². The number of hydrogen-bond acceptors (Lipinski definition) is 1. The predicted octanol–water partition coefficient (Wildman–Crippen LogP) is 1.45. The predicted molar refractivity (Wildman–Crippen MR) is 48.4 cm³/mol. The van der Waals surface area contributed by atoms with E-state index < -0.39 is 0 Å². The third-order valence-corrected chi connectivity index (χ3v) is 2.33. The molecule has 1 aliphatic rings. The average Bonchev–Trinajstić information content (AvgIpc) is 2.04. The molecule has 0 saturated heterocycles. The minimum absolute atomic E-state index is 0. The Morgan fingerprint density at radius 3 is 2.42 bits per heavy atom. The summed E-state index contributed by atoms with van der Waals surface area (Å²) in [5, 5.41) is 9.19. The summed E-state index contributed by atoms with van der Waals surface area (Å²) in [5.74, 6) is 0.408. The van der Waals surface area contributed by atoms with Gasteiger partial charge in [-0.2, -0.15) is 0 Å². The molecule has 0 fully saturated rings. The molecule has 2 rings (SSSR count). The van der Waals surface area contributed by atoms with Crippen molar-refractivity contribution in [3.63, 3.8) is 0 Å². The fourth-order valence-electron chi connectivity index (χ4n) is 1.72. The summed E-state index contributed by atoms with van der Waals surface area (Å²) in [6, 6.07) is 5.72. The first-order chi connectivity index (χ1) is 5.36. The topological polar surface area (TPSA) is 51.7 Å². The zero-order chi connectivity index (χ0) is 7.68. The van der Waals surface area contributed by atoms with E-state index in [0.29, 0.717) is 5.75 Å². The first-order valence-electron chi connectivity index (χ1n) is 4.17. The summed E-state index contributed by atoms with van der Waals surface area (Å²) in [6.07, 6.45) is 4.91. The lowest BCUT2D eigenvalue weighted by atomic mass is 9.92. The summed E-state index contributed by atoms with van der Waals surface area (Å²) in [5.41, 5.74) is 2.77.